The highest BCUT2D eigenvalue weighted by atomic mass is 16.4. The third kappa shape index (κ3) is 3.62. The fourth-order valence-corrected chi connectivity index (χ4v) is 2.50. The zero-order valence-corrected chi connectivity index (χ0v) is 12.4. The van der Waals surface area contributed by atoms with Crippen molar-refractivity contribution in [3.8, 4) is 6.07 Å². The molecule has 6 heteroatoms. The minimum atomic E-state index is -0.869. The molecule has 1 unspecified atom stereocenters. The molecule has 2 amide bonds. The van der Waals surface area contributed by atoms with E-state index in [0.29, 0.717) is 25.9 Å². The first kappa shape index (κ1) is 16.3. The maximum absolute atomic E-state index is 12.5. The fraction of sp³-hybridized carbons (Fsp3) is 0.786. The molecule has 1 fully saturated rings. The second-order valence-electron chi connectivity index (χ2n) is 5.87. The van der Waals surface area contributed by atoms with Crippen LogP contribution in [-0.4, -0.2) is 52.6 Å². The van der Waals surface area contributed by atoms with Gasteiger partial charge in [0.1, 0.15) is 0 Å². The van der Waals surface area contributed by atoms with E-state index in [1.807, 2.05) is 19.9 Å². The molecule has 0 radical (unpaired) electrons. The number of hydrogen-bond donors (Lipinski definition) is 1. The number of rotatable bonds is 4. The van der Waals surface area contributed by atoms with Gasteiger partial charge in [-0.1, -0.05) is 0 Å². The van der Waals surface area contributed by atoms with E-state index in [1.165, 1.54) is 0 Å². The van der Waals surface area contributed by atoms with Crippen molar-refractivity contribution in [3.05, 3.63) is 0 Å². The first-order valence-corrected chi connectivity index (χ1v) is 6.97. The Bertz CT molecular complexity index is 416. The summed E-state index contributed by atoms with van der Waals surface area (Å²) in [5.41, 5.74) is -0.869. The van der Waals surface area contributed by atoms with Crippen molar-refractivity contribution in [2.24, 2.45) is 5.41 Å². The van der Waals surface area contributed by atoms with Gasteiger partial charge in [0.15, 0.2) is 0 Å². The van der Waals surface area contributed by atoms with Crippen LogP contribution in [0, 0.1) is 16.7 Å². The number of piperidine rings is 1. The van der Waals surface area contributed by atoms with Gasteiger partial charge in [-0.15, -0.1) is 0 Å². The molecule has 0 aromatic rings. The summed E-state index contributed by atoms with van der Waals surface area (Å²) in [6.07, 6.45) is 1.57. The molecule has 1 saturated heterocycles. The normalized spacial score (nSPS) is 22.4. The Morgan fingerprint density at radius 3 is 2.65 bits per heavy atom. The van der Waals surface area contributed by atoms with Gasteiger partial charge in [0.25, 0.3) is 0 Å². The lowest BCUT2D eigenvalue weighted by Crippen LogP contribution is -2.54. The van der Waals surface area contributed by atoms with Crippen LogP contribution in [0.1, 0.15) is 40.0 Å². The van der Waals surface area contributed by atoms with Crippen molar-refractivity contribution in [1.82, 2.24) is 9.80 Å². The van der Waals surface area contributed by atoms with E-state index in [4.69, 9.17) is 5.26 Å². The first-order valence-electron chi connectivity index (χ1n) is 6.97. The summed E-state index contributed by atoms with van der Waals surface area (Å²) in [5, 5.41) is 18.0. The lowest BCUT2D eigenvalue weighted by Gasteiger charge is -2.40. The van der Waals surface area contributed by atoms with Crippen LogP contribution in [0.4, 0.5) is 4.79 Å². The van der Waals surface area contributed by atoms with Crippen LogP contribution in [0.2, 0.25) is 0 Å². The van der Waals surface area contributed by atoms with Crippen LogP contribution in [0.3, 0.4) is 0 Å². The molecular formula is C14H23N3O3. The van der Waals surface area contributed by atoms with E-state index in [-0.39, 0.29) is 25.0 Å². The number of carboxylic acids is 1. The van der Waals surface area contributed by atoms with Gasteiger partial charge in [-0.05, 0) is 33.6 Å². The number of carboxylic acid groups (broad SMARTS) is 1. The zero-order valence-electron chi connectivity index (χ0n) is 12.4. The lowest BCUT2D eigenvalue weighted by atomic mass is 9.82. The highest BCUT2D eigenvalue weighted by Gasteiger charge is 2.40. The predicted octanol–water partition coefficient (Wildman–Crippen LogP) is 1.92. The average molecular weight is 281 g/mol. The smallest absolute Gasteiger partial charge is 0.320 e. The van der Waals surface area contributed by atoms with Gasteiger partial charge in [-0.25, -0.2) is 4.79 Å². The molecule has 1 heterocycles. The molecule has 0 bridgehead atoms. The summed E-state index contributed by atoms with van der Waals surface area (Å²) in [6, 6.07) is 1.87. The molecule has 112 valence electrons. The number of carbonyl (C=O) groups is 2. The van der Waals surface area contributed by atoms with Gasteiger partial charge in [-0.2, -0.15) is 5.26 Å². The van der Waals surface area contributed by atoms with Crippen LogP contribution in [0.5, 0.6) is 0 Å². The third-order valence-electron chi connectivity index (χ3n) is 3.82. The number of likely N-dealkylation sites (tertiary alicyclic amines) is 1. The van der Waals surface area contributed by atoms with Crippen LogP contribution in [0.25, 0.3) is 0 Å². The number of nitrogens with zero attached hydrogens (tertiary/aromatic N) is 3. The van der Waals surface area contributed by atoms with E-state index in [1.54, 1.807) is 16.7 Å². The van der Waals surface area contributed by atoms with Gasteiger partial charge in [0.2, 0.25) is 0 Å². The van der Waals surface area contributed by atoms with Gasteiger partial charge in [0, 0.05) is 25.7 Å². The predicted molar refractivity (Wildman–Crippen MR) is 74.0 cm³/mol. The van der Waals surface area contributed by atoms with Crippen LogP contribution < -0.4 is 0 Å². The summed E-state index contributed by atoms with van der Waals surface area (Å²) in [7, 11) is 0. The molecule has 0 spiro atoms. The van der Waals surface area contributed by atoms with Crippen LogP contribution >= 0.6 is 0 Å². The van der Waals surface area contributed by atoms with Crippen molar-refractivity contribution in [2.45, 2.75) is 46.1 Å². The van der Waals surface area contributed by atoms with E-state index < -0.39 is 11.4 Å². The van der Waals surface area contributed by atoms with Gasteiger partial charge in [-0.3, -0.25) is 4.79 Å². The molecule has 0 saturated carbocycles. The monoisotopic (exact) mass is 281 g/mol. The van der Waals surface area contributed by atoms with Crippen molar-refractivity contribution in [2.75, 3.05) is 19.6 Å². The Hall–Kier alpha value is -1.77. The van der Waals surface area contributed by atoms with E-state index in [0.717, 1.165) is 0 Å². The molecule has 6 nitrogen and oxygen atoms in total. The van der Waals surface area contributed by atoms with E-state index in [9.17, 15) is 14.7 Å². The quantitative estimate of drug-likeness (QED) is 0.853. The van der Waals surface area contributed by atoms with Gasteiger partial charge < -0.3 is 14.9 Å². The Kier molecular flexibility index (Phi) is 5.37. The average Bonchev–Trinajstić information content (AvgIpc) is 2.38. The minimum Gasteiger partial charge on any atom is -0.481 e. The van der Waals surface area contributed by atoms with Crippen LogP contribution in [0.15, 0.2) is 0 Å². The molecule has 0 aromatic heterocycles. The number of aliphatic carboxylic acids is 1. The fourth-order valence-electron chi connectivity index (χ4n) is 2.50. The van der Waals surface area contributed by atoms with Gasteiger partial charge >= 0.3 is 12.0 Å². The largest absolute Gasteiger partial charge is 0.481 e. The Morgan fingerprint density at radius 1 is 1.50 bits per heavy atom. The lowest BCUT2D eigenvalue weighted by molar-refractivity contribution is -0.150. The van der Waals surface area contributed by atoms with Gasteiger partial charge in [0.05, 0.1) is 17.9 Å². The Balaban J connectivity index is 2.79. The maximum Gasteiger partial charge on any atom is 0.320 e. The molecular weight excluding hydrogens is 258 g/mol. The topological polar surface area (TPSA) is 84.6 Å². The second kappa shape index (κ2) is 6.60. The zero-order chi connectivity index (χ0) is 15.3. The Labute approximate surface area is 120 Å². The SMILES string of the molecule is CC(C)N(CCC#N)C(=O)N1CCCC(C)(C(=O)O)C1. The highest BCUT2D eigenvalue weighted by molar-refractivity contribution is 5.78. The number of urea groups is 1. The molecule has 1 aliphatic rings. The number of carbonyl (C=O) groups excluding carboxylic acids is 1. The van der Waals surface area contributed by atoms with E-state index >= 15 is 0 Å². The summed E-state index contributed by atoms with van der Waals surface area (Å²) >= 11 is 0. The van der Waals surface area contributed by atoms with Crippen LogP contribution in [-0.2, 0) is 4.79 Å². The standard InChI is InChI=1S/C14H23N3O3/c1-11(2)17(9-5-7-15)13(20)16-8-4-6-14(3,10-16)12(18)19/h11H,4-6,8-10H2,1-3H3,(H,18,19). The summed E-state index contributed by atoms with van der Waals surface area (Å²) in [5.74, 6) is -0.858. The second-order valence-corrected chi connectivity index (χ2v) is 5.87. The van der Waals surface area contributed by atoms with E-state index in [2.05, 4.69) is 0 Å². The highest BCUT2D eigenvalue weighted by Crippen LogP contribution is 2.30. The molecule has 0 aromatic carbocycles. The molecule has 0 aliphatic carbocycles. The number of hydrogen-bond acceptors (Lipinski definition) is 3. The number of nitriles is 1. The van der Waals surface area contributed by atoms with Crippen molar-refractivity contribution >= 4 is 12.0 Å². The maximum atomic E-state index is 12.5. The molecule has 1 rings (SSSR count). The number of amides is 2. The minimum absolute atomic E-state index is 0.00568. The van der Waals surface area contributed by atoms with Crippen molar-refractivity contribution in [3.63, 3.8) is 0 Å². The summed E-state index contributed by atoms with van der Waals surface area (Å²) < 4.78 is 0. The summed E-state index contributed by atoms with van der Waals surface area (Å²) in [6.45, 7) is 6.68. The molecule has 20 heavy (non-hydrogen) atoms. The molecule has 1 aliphatic heterocycles. The Morgan fingerprint density at radius 2 is 2.15 bits per heavy atom. The third-order valence-corrected chi connectivity index (χ3v) is 3.82. The molecule has 1 N–H and O–H groups in total. The van der Waals surface area contributed by atoms with Crippen molar-refractivity contribution < 1.29 is 14.7 Å². The molecule has 1 atom stereocenters. The first-order chi connectivity index (χ1) is 9.31. The summed E-state index contributed by atoms with van der Waals surface area (Å²) in [4.78, 5) is 27.1. The van der Waals surface area contributed by atoms with Crippen molar-refractivity contribution in [1.29, 1.82) is 5.26 Å².